The van der Waals surface area contributed by atoms with Crippen LogP contribution in [0.3, 0.4) is 0 Å². The average molecular weight is 331 g/mol. The van der Waals surface area contributed by atoms with Gasteiger partial charge in [0, 0.05) is 5.56 Å². The van der Waals surface area contributed by atoms with Crippen molar-refractivity contribution in [2.75, 3.05) is 0 Å². The quantitative estimate of drug-likeness (QED) is 0.405. The summed E-state index contributed by atoms with van der Waals surface area (Å²) in [5, 5.41) is 0. The van der Waals surface area contributed by atoms with E-state index in [1.165, 1.54) is 31.3 Å². The van der Waals surface area contributed by atoms with Gasteiger partial charge in [-0.25, -0.2) is 4.39 Å². The minimum Gasteiger partial charge on any atom is -0.206 e. The van der Waals surface area contributed by atoms with Gasteiger partial charge in [-0.2, -0.15) is 0 Å². The van der Waals surface area contributed by atoms with Gasteiger partial charge in [-0.1, -0.05) is 69.9 Å². The maximum atomic E-state index is 14.4. The normalized spacial score (nSPS) is 14.8. The van der Waals surface area contributed by atoms with E-state index in [-0.39, 0.29) is 5.82 Å². The number of allylic oxidation sites excluding steroid dienone is 4. The zero-order valence-electron chi connectivity index (χ0n) is 16.5. The molecule has 24 heavy (non-hydrogen) atoms. The molecule has 0 nitrogen and oxygen atoms in total. The third-order valence-corrected chi connectivity index (χ3v) is 5.39. The molecule has 0 heterocycles. The third kappa shape index (κ3) is 5.61. The Morgan fingerprint density at radius 2 is 1.58 bits per heavy atom. The van der Waals surface area contributed by atoms with Crippen molar-refractivity contribution >= 4 is 5.57 Å². The van der Waals surface area contributed by atoms with Gasteiger partial charge in [0.1, 0.15) is 5.82 Å². The van der Waals surface area contributed by atoms with E-state index in [2.05, 4.69) is 40.7 Å². The molecule has 0 aliphatic carbocycles. The first-order valence-corrected chi connectivity index (χ1v) is 9.56. The minimum atomic E-state index is -0.124. The largest absolute Gasteiger partial charge is 0.206 e. The molecule has 0 saturated heterocycles. The van der Waals surface area contributed by atoms with Gasteiger partial charge in [-0.3, -0.25) is 0 Å². The Bertz CT molecular complexity index is 561. The summed E-state index contributed by atoms with van der Waals surface area (Å²) < 4.78 is 14.4. The first kappa shape index (κ1) is 20.7. The van der Waals surface area contributed by atoms with Gasteiger partial charge in [-0.15, -0.1) is 0 Å². The highest BCUT2D eigenvalue weighted by atomic mass is 19.1. The summed E-state index contributed by atoms with van der Waals surface area (Å²) in [5.74, 6) is 1.37. The van der Waals surface area contributed by atoms with E-state index < -0.39 is 0 Å². The first-order valence-electron chi connectivity index (χ1n) is 9.56. The van der Waals surface area contributed by atoms with Gasteiger partial charge < -0.3 is 0 Å². The molecule has 0 aliphatic rings. The molecule has 0 bridgehead atoms. The van der Waals surface area contributed by atoms with Crippen LogP contribution < -0.4 is 0 Å². The number of halogens is 1. The number of hydrogen-bond acceptors (Lipinski definition) is 0. The fourth-order valence-electron chi connectivity index (χ4n) is 3.61. The van der Waals surface area contributed by atoms with Crippen molar-refractivity contribution < 1.29 is 4.39 Å². The predicted molar refractivity (Wildman–Crippen MR) is 106 cm³/mol. The van der Waals surface area contributed by atoms with E-state index in [1.54, 1.807) is 12.1 Å². The van der Waals surface area contributed by atoms with E-state index in [0.717, 1.165) is 29.0 Å². The summed E-state index contributed by atoms with van der Waals surface area (Å²) in [5.41, 5.74) is 4.31. The molecular weight excluding hydrogens is 295 g/mol. The van der Waals surface area contributed by atoms with Crippen LogP contribution in [-0.4, -0.2) is 0 Å². The van der Waals surface area contributed by atoms with E-state index in [9.17, 15) is 4.39 Å². The van der Waals surface area contributed by atoms with Gasteiger partial charge in [0.25, 0.3) is 0 Å². The Labute approximate surface area is 148 Å². The summed E-state index contributed by atoms with van der Waals surface area (Å²) >= 11 is 0. The number of hydrogen-bond donors (Lipinski definition) is 0. The molecule has 0 aromatic heterocycles. The second kappa shape index (κ2) is 10.5. The zero-order chi connectivity index (χ0) is 18.1. The molecule has 0 N–H and O–H groups in total. The molecule has 134 valence electrons. The van der Waals surface area contributed by atoms with Crippen molar-refractivity contribution in [2.45, 2.75) is 73.6 Å². The summed E-state index contributed by atoms with van der Waals surface area (Å²) in [4.78, 5) is 0. The van der Waals surface area contributed by atoms with Gasteiger partial charge in [0.05, 0.1) is 0 Å². The highest BCUT2D eigenvalue weighted by Crippen LogP contribution is 2.34. The summed E-state index contributed by atoms with van der Waals surface area (Å²) in [6, 6.07) is 7.16. The van der Waals surface area contributed by atoms with Crippen molar-refractivity contribution in [3.8, 4) is 0 Å². The predicted octanol–water partition coefficient (Wildman–Crippen LogP) is 7.81. The van der Waals surface area contributed by atoms with Crippen LogP contribution in [-0.2, 0) is 0 Å². The highest BCUT2D eigenvalue weighted by molar-refractivity contribution is 5.80. The van der Waals surface area contributed by atoms with Crippen LogP contribution in [0.15, 0.2) is 41.5 Å². The topological polar surface area (TPSA) is 0 Å². The minimum absolute atomic E-state index is 0.124. The molecule has 1 aromatic carbocycles. The molecule has 0 fully saturated rings. The molecular formula is C23H35F. The van der Waals surface area contributed by atoms with Gasteiger partial charge in [0.15, 0.2) is 0 Å². The first-order chi connectivity index (χ1) is 11.5. The maximum absolute atomic E-state index is 14.4. The molecule has 1 unspecified atom stereocenters. The monoisotopic (exact) mass is 330 g/mol. The SMILES string of the molecule is C/C=C(C)\C(=C(\C)CC(CC)CC(CC)CC)c1ccccc1F. The van der Waals surface area contributed by atoms with Crippen molar-refractivity contribution in [2.24, 2.45) is 11.8 Å². The summed E-state index contributed by atoms with van der Waals surface area (Å²) in [6.45, 7) is 13.2. The molecule has 0 saturated carbocycles. The van der Waals surface area contributed by atoms with Crippen molar-refractivity contribution in [3.05, 3.63) is 52.9 Å². The molecule has 1 rings (SSSR count). The van der Waals surface area contributed by atoms with Crippen molar-refractivity contribution in [1.29, 1.82) is 0 Å². The van der Waals surface area contributed by atoms with Crippen LogP contribution in [0.2, 0.25) is 0 Å². The highest BCUT2D eigenvalue weighted by Gasteiger charge is 2.17. The molecule has 0 radical (unpaired) electrons. The van der Waals surface area contributed by atoms with E-state index in [4.69, 9.17) is 0 Å². The standard InChI is InChI=1S/C23H35F/c1-7-17(5)23(21-13-11-12-14-22(21)24)18(6)15-20(10-4)16-19(8-2)9-3/h7,11-14,19-20H,8-10,15-16H2,1-6H3/b17-7-,23-18+. The fraction of sp³-hybridized carbons (Fsp3) is 0.565. The fourth-order valence-corrected chi connectivity index (χ4v) is 3.61. The van der Waals surface area contributed by atoms with Crippen LogP contribution in [0.5, 0.6) is 0 Å². The Kier molecular flexibility index (Phi) is 9.03. The maximum Gasteiger partial charge on any atom is 0.131 e. The van der Waals surface area contributed by atoms with Crippen LogP contribution >= 0.6 is 0 Å². The molecule has 1 aromatic rings. The number of rotatable bonds is 9. The zero-order valence-corrected chi connectivity index (χ0v) is 16.5. The second-order valence-electron chi connectivity index (χ2n) is 7.00. The van der Waals surface area contributed by atoms with Crippen molar-refractivity contribution in [3.63, 3.8) is 0 Å². The Morgan fingerprint density at radius 3 is 2.08 bits per heavy atom. The number of benzene rings is 1. The van der Waals surface area contributed by atoms with E-state index in [0.29, 0.717) is 5.92 Å². The van der Waals surface area contributed by atoms with E-state index in [1.807, 2.05) is 19.1 Å². The Hall–Kier alpha value is -1.37. The second-order valence-corrected chi connectivity index (χ2v) is 7.00. The van der Waals surface area contributed by atoms with Gasteiger partial charge >= 0.3 is 0 Å². The van der Waals surface area contributed by atoms with Crippen LogP contribution in [0.4, 0.5) is 4.39 Å². The Morgan fingerprint density at radius 1 is 1.00 bits per heavy atom. The average Bonchev–Trinajstić information content (AvgIpc) is 2.60. The van der Waals surface area contributed by atoms with Crippen LogP contribution in [0.25, 0.3) is 5.57 Å². The lowest BCUT2D eigenvalue weighted by atomic mass is 9.83. The molecule has 1 atom stereocenters. The lowest BCUT2D eigenvalue weighted by Crippen LogP contribution is -2.09. The lowest BCUT2D eigenvalue weighted by molar-refractivity contribution is 0.343. The van der Waals surface area contributed by atoms with Crippen LogP contribution in [0, 0.1) is 17.7 Å². The van der Waals surface area contributed by atoms with Gasteiger partial charge in [0.2, 0.25) is 0 Å². The lowest BCUT2D eigenvalue weighted by Gasteiger charge is -2.23. The summed E-state index contributed by atoms with van der Waals surface area (Å²) in [6.07, 6.45) is 8.12. The molecule has 0 amide bonds. The third-order valence-electron chi connectivity index (χ3n) is 5.39. The van der Waals surface area contributed by atoms with Crippen molar-refractivity contribution in [1.82, 2.24) is 0 Å². The Balaban J connectivity index is 3.16. The van der Waals surface area contributed by atoms with E-state index >= 15 is 0 Å². The molecule has 0 spiro atoms. The van der Waals surface area contributed by atoms with Crippen LogP contribution in [0.1, 0.15) is 79.2 Å². The molecule has 0 aliphatic heterocycles. The molecule has 1 heteroatoms. The van der Waals surface area contributed by atoms with Gasteiger partial charge in [-0.05, 0) is 62.7 Å². The summed E-state index contributed by atoms with van der Waals surface area (Å²) in [7, 11) is 0. The smallest absolute Gasteiger partial charge is 0.131 e.